The van der Waals surface area contributed by atoms with Gasteiger partial charge in [0, 0.05) is 0 Å². The highest BCUT2D eigenvalue weighted by molar-refractivity contribution is 7.92. The number of halogens is 1. The second-order valence-electron chi connectivity index (χ2n) is 3.64. The van der Waals surface area contributed by atoms with Crippen LogP contribution in [0.15, 0.2) is 23.1 Å². The van der Waals surface area contributed by atoms with Gasteiger partial charge in [-0.25, -0.2) is 13.2 Å². The Kier molecular flexibility index (Phi) is 5.07. The zero-order valence-corrected chi connectivity index (χ0v) is 11.5. The molecule has 0 aliphatic rings. The summed E-state index contributed by atoms with van der Waals surface area (Å²) in [6.45, 7) is -0.310. The average Bonchev–Trinajstić information content (AvgIpc) is 2.35. The number of hydrogen-bond acceptors (Lipinski definition) is 5. The summed E-state index contributed by atoms with van der Waals surface area (Å²) in [4.78, 5) is 21.8. The summed E-state index contributed by atoms with van der Waals surface area (Å²) in [6.07, 6.45) is 0. The quantitative estimate of drug-likeness (QED) is 0.760. The largest absolute Gasteiger partial charge is 0.478 e. The highest BCUT2D eigenvalue weighted by Crippen LogP contribution is 2.21. The minimum absolute atomic E-state index is 0.106. The van der Waals surface area contributed by atoms with Gasteiger partial charge in [0.25, 0.3) is 0 Å². The molecule has 1 rings (SSSR count). The Morgan fingerprint density at radius 3 is 2.60 bits per heavy atom. The van der Waals surface area contributed by atoms with Crippen molar-refractivity contribution in [2.75, 3.05) is 12.3 Å². The molecule has 0 aliphatic carbocycles. The lowest BCUT2D eigenvalue weighted by Gasteiger charge is -2.06. The third-order valence-corrected chi connectivity index (χ3v) is 4.16. The van der Waals surface area contributed by atoms with E-state index in [4.69, 9.17) is 22.0 Å². The molecular weight excluding hydrogens is 308 g/mol. The number of nitriles is 1. The highest BCUT2D eigenvalue weighted by Gasteiger charge is 2.21. The Hall–Kier alpha value is -2.11. The topological polar surface area (TPSA) is 124 Å². The summed E-state index contributed by atoms with van der Waals surface area (Å²) in [5, 5.41) is 19.1. The molecule has 0 aromatic heterocycles. The summed E-state index contributed by atoms with van der Waals surface area (Å²) in [6, 6.07) is 4.76. The summed E-state index contributed by atoms with van der Waals surface area (Å²) >= 11 is 5.62. The van der Waals surface area contributed by atoms with Crippen LogP contribution in [0.25, 0.3) is 0 Å². The zero-order chi connectivity index (χ0) is 15.3. The van der Waals surface area contributed by atoms with Crippen molar-refractivity contribution in [3.8, 4) is 6.07 Å². The van der Waals surface area contributed by atoms with Crippen LogP contribution in [0, 0.1) is 11.3 Å². The van der Waals surface area contributed by atoms with Crippen LogP contribution in [0.4, 0.5) is 0 Å². The number of carboxylic acid groups (broad SMARTS) is 1. The number of amides is 1. The molecule has 0 saturated carbocycles. The van der Waals surface area contributed by atoms with Crippen LogP contribution in [0.5, 0.6) is 0 Å². The lowest BCUT2D eigenvalue weighted by atomic mass is 10.2. The lowest BCUT2D eigenvalue weighted by molar-refractivity contribution is -0.118. The number of sulfone groups is 1. The standard InChI is InChI=1S/C11H9ClN2O5S/c12-9-2-1-7(5-8(9)11(16)17)20(18,19)6-10(15)14-4-3-13/h1-2,5H,4,6H2,(H,14,15)(H,16,17). The van der Waals surface area contributed by atoms with E-state index in [-0.39, 0.29) is 22.0 Å². The number of nitrogens with one attached hydrogen (secondary N) is 1. The molecular formula is C11H9ClN2O5S. The summed E-state index contributed by atoms with van der Waals surface area (Å²) in [7, 11) is -4.01. The Labute approximate surface area is 119 Å². The Morgan fingerprint density at radius 1 is 1.40 bits per heavy atom. The molecule has 1 aromatic carbocycles. The number of hydrogen-bond donors (Lipinski definition) is 2. The summed E-state index contributed by atoms with van der Waals surface area (Å²) in [5.74, 6) is -3.10. The second kappa shape index (κ2) is 6.36. The predicted molar refractivity (Wildman–Crippen MR) is 69.1 cm³/mol. The Bertz CT molecular complexity index is 693. The number of benzene rings is 1. The van der Waals surface area contributed by atoms with Gasteiger partial charge in [-0.15, -0.1) is 0 Å². The van der Waals surface area contributed by atoms with Gasteiger partial charge in [-0.3, -0.25) is 4.79 Å². The van der Waals surface area contributed by atoms with Crippen LogP contribution < -0.4 is 5.32 Å². The minimum Gasteiger partial charge on any atom is -0.478 e. The number of rotatable bonds is 5. The average molecular weight is 317 g/mol. The van der Waals surface area contributed by atoms with Gasteiger partial charge in [-0.05, 0) is 18.2 Å². The van der Waals surface area contributed by atoms with Gasteiger partial charge in [-0.2, -0.15) is 5.26 Å². The van der Waals surface area contributed by atoms with Crippen molar-refractivity contribution in [2.24, 2.45) is 0 Å². The molecule has 0 unspecified atom stereocenters. The van der Waals surface area contributed by atoms with Crippen LogP contribution in [-0.4, -0.2) is 37.7 Å². The van der Waals surface area contributed by atoms with Gasteiger partial charge >= 0.3 is 5.97 Å². The number of nitrogens with zero attached hydrogens (tertiary/aromatic N) is 1. The van der Waals surface area contributed by atoms with Crippen molar-refractivity contribution < 1.29 is 23.1 Å². The van der Waals surface area contributed by atoms with Gasteiger partial charge in [-0.1, -0.05) is 11.6 Å². The van der Waals surface area contributed by atoms with Crippen LogP contribution >= 0.6 is 11.6 Å². The van der Waals surface area contributed by atoms with Crippen LogP contribution in [0.1, 0.15) is 10.4 Å². The third kappa shape index (κ3) is 3.94. The summed E-state index contributed by atoms with van der Waals surface area (Å²) < 4.78 is 23.8. The lowest BCUT2D eigenvalue weighted by Crippen LogP contribution is -2.30. The monoisotopic (exact) mass is 316 g/mol. The summed E-state index contributed by atoms with van der Waals surface area (Å²) in [5.41, 5.74) is -0.370. The molecule has 9 heteroatoms. The first-order chi connectivity index (χ1) is 9.27. The molecule has 0 bridgehead atoms. The van der Waals surface area contributed by atoms with Crippen LogP contribution in [-0.2, 0) is 14.6 Å². The first-order valence-corrected chi connectivity index (χ1v) is 7.20. The first-order valence-electron chi connectivity index (χ1n) is 5.17. The van der Waals surface area contributed by atoms with E-state index in [1.165, 1.54) is 0 Å². The van der Waals surface area contributed by atoms with Crippen molar-refractivity contribution in [3.05, 3.63) is 28.8 Å². The van der Waals surface area contributed by atoms with E-state index in [0.717, 1.165) is 18.2 Å². The van der Waals surface area contributed by atoms with Crippen molar-refractivity contribution in [2.45, 2.75) is 4.90 Å². The fourth-order valence-corrected chi connectivity index (χ4v) is 2.69. The number of carbonyl (C=O) groups excluding carboxylic acids is 1. The highest BCUT2D eigenvalue weighted by atomic mass is 35.5. The van der Waals surface area contributed by atoms with Gasteiger partial charge in [0.15, 0.2) is 9.84 Å². The van der Waals surface area contributed by atoms with Crippen molar-refractivity contribution in [1.82, 2.24) is 5.32 Å². The second-order valence-corrected chi connectivity index (χ2v) is 6.04. The van der Waals surface area contributed by atoms with Gasteiger partial charge in [0.1, 0.15) is 12.3 Å². The maximum absolute atomic E-state index is 11.9. The van der Waals surface area contributed by atoms with Crippen molar-refractivity contribution in [3.63, 3.8) is 0 Å². The van der Waals surface area contributed by atoms with E-state index < -0.39 is 27.5 Å². The Balaban J connectivity index is 3.05. The van der Waals surface area contributed by atoms with Crippen LogP contribution in [0.3, 0.4) is 0 Å². The first kappa shape index (κ1) is 15.9. The SMILES string of the molecule is N#CCNC(=O)CS(=O)(=O)c1ccc(Cl)c(C(=O)O)c1. The molecule has 0 atom stereocenters. The molecule has 0 saturated heterocycles. The number of aromatic carboxylic acids is 1. The molecule has 0 fully saturated rings. The van der Waals surface area contributed by atoms with E-state index in [2.05, 4.69) is 5.32 Å². The molecule has 1 amide bonds. The zero-order valence-electron chi connectivity index (χ0n) is 9.96. The minimum atomic E-state index is -4.01. The molecule has 1 aromatic rings. The molecule has 2 N–H and O–H groups in total. The molecule has 0 heterocycles. The van der Waals surface area contributed by atoms with E-state index in [0.29, 0.717) is 0 Å². The molecule has 7 nitrogen and oxygen atoms in total. The molecule has 0 spiro atoms. The maximum Gasteiger partial charge on any atom is 0.337 e. The molecule has 0 aliphatic heterocycles. The molecule has 20 heavy (non-hydrogen) atoms. The Morgan fingerprint density at radius 2 is 2.05 bits per heavy atom. The van der Waals surface area contributed by atoms with Crippen molar-refractivity contribution in [1.29, 1.82) is 5.26 Å². The molecule has 0 radical (unpaired) electrons. The fraction of sp³-hybridized carbons (Fsp3) is 0.182. The van der Waals surface area contributed by atoms with E-state index in [1.54, 1.807) is 6.07 Å². The van der Waals surface area contributed by atoms with E-state index in [1.807, 2.05) is 0 Å². The smallest absolute Gasteiger partial charge is 0.337 e. The fourth-order valence-electron chi connectivity index (χ4n) is 1.31. The number of carboxylic acids is 1. The predicted octanol–water partition coefficient (Wildman–Crippen LogP) is 0.452. The van der Waals surface area contributed by atoms with Gasteiger partial charge in [0.2, 0.25) is 5.91 Å². The maximum atomic E-state index is 11.9. The number of carbonyl (C=O) groups is 2. The van der Waals surface area contributed by atoms with Crippen LogP contribution in [0.2, 0.25) is 5.02 Å². The van der Waals surface area contributed by atoms with Gasteiger partial charge < -0.3 is 10.4 Å². The molecule has 106 valence electrons. The third-order valence-electron chi connectivity index (χ3n) is 2.21. The van der Waals surface area contributed by atoms with Gasteiger partial charge in [0.05, 0.1) is 21.6 Å². The van der Waals surface area contributed by atoms with E-state index in [9.17, 15) is 18.0 Å². The van der Waals surface area contributed by atoms with Crippen molar-refractivity contribution >= 4 is 33.3 Å². The van der Waals surface area contributed by atoms with E-state index >= 15 is 0 Å². The normalized spacial score (nSPS) is 10.6.